The van der Waals surface area contributed by atoms with E-state index < -0.39 is 0 Å². The topological polar surface area (TPSA) is 35.5 Å². The molecule has 3 nitrogen and oxygen atoms in total. The van der Waals surface area contributed by atoms with E-state index in [2.05, 4.69) is 48.7 Å². The molecule has 0 bridgehead atoms. The Morgan fingerprint density at radius 1 is 1.28 bits per heavy atom. The Balaban J connectivity index is 2.29. The summed E-state index contributed by atoms with van der Waals surface area (Å²) in [5, 5.41) is 13.1. The molecule has 0 aromatic heterocycles. The number of aromatic hydroxyl groups is 1. The highest BCUT2D eigenvalue weighted by atomic mass is 79.9. The van der Waals surface area contributed by atoms with Crippen LogP contribution in [0.1, 0.15) is 11.6 Å². The third-order valence-corrected chi connectivity index (χ3v) is 4.36. The normalized spacial score (nSPS) is 18.6. The van der Waals surface area contributed by atoms with Crippen LogP contribution in [0.3, 0.4) is 0 Å². The molecule has 5 heteroatoms. The van der Waals surface area contributed by atoms with Crippen LogP contribution in [0.25, 0.3) is 0 Å². The number of phenolic OH excluding ortho intramolecular Hbond substituents is 1. The van der Waals surface area contributed by atoms with Crippen LogP contribution in [0, 0.1) is 0 Å². The predicted octanol–water partition coefficient (Wildman–Crippen LogP) is 3.05. The molecule has 0 spiro atoms. The molecule has 1 saturated heterocycles. The quantitative estimate of drug-likeness (QED) is 0.797. The van der Waals surface area contributed by atoms with Gasteiger partial charge in [0.1, 0.15) is 5.75 Å². The van der Waals surface area contributed by atoms with Gasteiger partial charge in [-0.15, -0.1) is 6.58 Å². The van der Waals surface area contributed by atoms with Gasteiger partial charge in [0.25, 0.3) is 0 Å². The van der Waals surface area contributed by atoms with Crippen LogP contribution in [0.4, 0.5) is 0 Å². The molecule has 1 atom stereocenters. The Labute approximate surface area is 124 Å². The van der Waals surface area contributed by atoms with Crippen molar-refractivity contribution in [3.8, 4) is 5.75 Å². The van der Waals surface area contributed by atoms with E-state index in [-0.39, 0.29) is 11.8 Å². The van der Waals surface area contributed by atoms with Crippen molar-refractivity contribution in [1.82, 2.24) is 10.2 Å². The first-order valence-electron chi connectivity index (χ1n) is 5.88. The molecule has 0 unspecified atom stereocenters. The lowest BCUT2D eigenvalue weighted by Gasteiger charge is -2.33. The van der Waals surface area contributed by atoms with Crippen LogP contribution in [0.15, 0.2) is 33.7 Å². The van der Waals surface area contributed by atoms with E-state index in [4.69, 9.17) is 0 Å². The molecule has 98 valence electrons. The van der Waals surface area contributed by atoms with Crippen molar-refractivity contribution in [3.05, 3.63) is 39.3 Å². The van der Waals surface area contributed by atoms with Gasteiger partial charge in [-0.2, -0.15) is 0 Å². The molecule has 1 aliphatic heterocycles. The highest BCUT2D eigenvalue weighted by molar-refractivity contribution is 9.11. The van der Waals surface area contributed by atoms with Crippen LogP contribution < -0.4 is 5.32 Å². The fraction of sp³-hybridized carbons (Fsp3) is 0.385. The number of halogens is 2. The number of rotatable bonds is 3. The Morgan fingerprint density at radius 2 is 1.83 bits per heavy atom. The van der Waals surface area contributed by atoms with Gasteiger partial charge in [0.2, 0.25) is 0 Å². The molecular formula is C13H16Br2N2O. The van der Waals surface area contributed by atoms with E-state index >= 15 is 0 Å². The SMILES string of the molecule is C=C[C@H](c1cc(Br)c(O)c(Br)c1)N1CCNCC1. The molecular weight excluding hydrogens is 360 g/mol. The summed E-state index contributed by atoms with van der Waals surface area (Å²) in [5.74, 6) is 0.238. The first-order valence-corrected chi connectivity index (χ1v) is 7.47. The minimum atomic E-state index is 0.181. The van der Waals surface area contributed by atoms with Gasteiger partial charge in [0.15, 0.2) is 0 Å². The largest absolute Gasteiger partial charge is 0.506 e. The molecule has 18 heavy (non-hydrogen) atoms. The zero-order valence-electron chi connectivity index (χ0n) is 10.00. The van der Waals surface area contributed by atoms with Gasteiger partial charge < -0.3 is 10.4 Å². The number of hydrogen-bond donors (Lipinski definition) is 2. The second-order valence-electron chi connectivity index (χ2n) is 4.30. The maximum absolute atomic E-state index is 9.75. The van der Waals surface area contributed by atoms with Crippen LogP contribution in [-0.2, 0) is 0 Å². The molecule has 0 radical (unpaired) electrons. The Kier molecular flexibility index (Phi) is 4.84. The highest BCUT2D eigenvalue weighted by Crippen LogP contribution is 2.36. The van der Waals surface area contributed by atoms with Crippen LogP contribution in [-0.4, -0.2) is 36.2 Å². The fourth-order valence-electron chi connectivity index (χ4n) is 2.21. The average Bonchev–Trinajstić information content (AvgIpc) is 2.38. The summed E-state index contributed by atoms with van der Waals surface area (Å²) in [6.45, 7) is 7.96. The van der Waals surface area contributed by atoms with E-state index in [1.807, 2.05) is 18.2 Å². The first-order chi connectivity index (χ1) is 8.63. The van der Waals surface area contributed by atoms with Crippen LogP contribution >= 0.6 is 31.9 Å². The summed E-state index contributed by atoms with van der Waals surface area (Å²) < 4.78 is 1.41. The van der Waals surface area contributed by atoms with Crippen molar-refractivity contribution in [2.45, 2.75) is 6.04 Å². The molecule has 2 N–H and O–H groups in total. The molecule has 0 saturated carbocycles. The van der Waals surface area contributed by atoms with E-state index in [9.17, 15) is 5.11 Å². The summed E-state index contributed by atoms with van der Waals surface area (Å²) in [5.41, 5.74) is 1.13. The lowest BCUT2D eigenvalue weighted by Crippen LogP contribution is -2.44. The number of piperazine rings is 1. The Bertz CT molecular complexity index is 422. The molecule has 1 aromatic rings. The van der Waals surface area contributed by atoms with Gasteiger partial charge >= 0.3 is 0 Å². The van der Waals surface area contributed by atoms with E-state index in [0.717, 1.165) is 31.7 Å². The number of hydrogen-bond acceptors (Lipinski definition) is 3. The molecule has 0 aliphatic carbocycles. The Hall–Kier alpha value is -0.360. The van der Waals surface area contributed by atoms with Gasteiger partial charge in [0, 0.05) is 26.2 Å². The summed E-state index contributed by atoms with van der Waals surface area (Å²) in [4.78, 5) is 2.38. The molecule has 0 amide bonds. The monoisotopic (exact) mass is 374 g/mol. The molecule has 2 rings (SSSR count). The first kappa shape index (κ1) is 14.1. The summed E-state index contributed by atoms with van der Waals surface area (Å²) in [6, 6.07) is 4.09. The highest BCUT2D eigenvalue weighted by Gasteiger charge is 2.20. The number of phenols is 1. The standard InChI is InChI=1S/C13H16Br2N2O/c1-2-12(17-5-3-16-4-6-17)9-7-10(14)13(18)11(15)8-9/h2,7-8,12,16,18H,1,3-6H2/t12-/m1/s1. The predicted molar refractivity (Wildman–Crippen MR) is 80.9 cm³/mol. The summed E-state index contributed by atoms with van der Waals surface area (Å²) >= 11 is 6.75. The van der Waals surface area contributed by atoms with Crippen LogP contribution in [0.2, 0.25) is 0 Å². The van der Waals surface area contributed by atoms with E-state index in [0.29, 0.717) is 8.95 Å². The number of nitrogens with zero attached hydrogens (tertiary/aromatic N) is 1. The second kappa shape index (κ2) is 6.19. The van der Waals surface area contributed by atoms with Gasteiger partial charge in [-0.05, 0) is 49.6 Å². The van der Waals surface area contributed by atoms with Crippen molar-refractivity contribution < 1.29 is 5.11 Å². The van der Waals surface area contributed by atoms with Crippen molar-refractivity contribution in [2.24, 2.45) is 0 Å². The lowest BCUT2D eigenvalue weighted by molar-refractivity contribution is 0.203. The van der Waals surface area contributed by atoms with Crippen LogP contribution in [0.5, 0.6) is 5.75 Å². The minimum Gasteiger partial charge on any atom is -0.506 e. The van der Waals surface area contributed by atoms with Gasteiger partial charge in [0.05, 0.1) is 15.0 Å². The Morgan fingerprint density at radius 3 is 2.33 bits per heavy atom. The maximum Gasteiger partial charge on any atom is 0.143 e. The summed E-state index contributed by atoms with van der Waals surface area (Å²) in [7, 11) is 0. The third-order valence-electron chi connectivity index (χ3n) is 3.15. The fourth-order valence-corrected chi connectivity index (χ4v) is 3.43. The number of benzene rings is 1. The smallest absolute Gasteiger partial charge is 0.143 e. The zero-order chi connectivity index (χ0) is 13.1. The minimum absolute atomic E-state index is 0.181. The molecule has 1 heterocycles. The second-order valence-corrected chi connectivity index (χ2v) is 6.01. The van der Waals surface area contributed by atoms with E-state index in [1.165, 1.54) is 0 Å². The lowest BCUT2D eigenvalue weighted by atomic mass is 10.0. The third kappa shape index (κ3) is 2.96. The van der Waals surface area contributed by atoms with Crippen molar-refractivity contribution in [1.29, 1.82) is 0 Å². The maximum atomic E-state index is 9.75. The van der Waals surface area contributed by atoms with Gasteiger partial charge in [-0.3, -0.25) is 4.90 Å². The molecule has 1 fully saturated rings. The van der Waals surface area contributed by atoms with Gasteiger partial charge in [-0.1, -0.05) is 6.08 Å². The number of nitrogens with one attached hydrogen (secondary N) is 1. The summed E-state index contributed by atoms with van der Waals surface area (Å²) in [6.07, 6.45) is 1.95. The molecule has 1 aromatic carbocycles. The molecule has 1 aliphatic rings. The van der Waals surface area contributed by atoms with Crippen molar-refractivity contribution >= 4 is 31.9 Å². The van der Waals surface area contributed by atoms with Gasteiger partial charge in [-0.25, -0.2) is 0 Å². The van der Waals surface area contributed by atoms with Crippen molar-refractivity contribution in [3.63, 3.8) is 0 Å². The zero-order valence-corrected chi connectivity index (χ0v) is 13.2. The van der Waals surface area contributed by atoms with E-state index in [1.54, 1.807) is 0 Å². The van der Waals surface area contributed by atoms with Crippen molar-refractivity contribution in [2.75, 3.05) is 26.2 Å². The average molecular weight is 376 g/mol.